The summed E-state index contributed by atoms with van der Waals surface area (Å²) >= 11 is 0. The highest BCUT2D eigenvalue weighted by atomic mass is 16.5. The van der Waals surface area contributed by atoms with E-state index in [4.69, 9.17) is 4.74 Å². The summed E-state index contributed by atoms with van der Waals surface area (Å²) in [5.41, 5.74) is 3.80. The SMILES string of the molecule is Cc1ccccc1C(=O)N1CCN(C(=O)c2nnn3c2COC(c2ccccc2)C3)CC1. The predicted octanol–water partition coefficient (Wildman–Crippen LogP) is 2.46. The Morgan fingerprint density at radius 1 is 0.906 bits per heavy atom. The maximum Gasteiger partial charge on any atom is 0.276 e. The molecule has 1 aromatic heterocycles. The van der Waals surface area contributed by atoms with E-state index in [-0.39, 0.29) is 17.9 Å². The maximum atomic E-state index is 13.1. The minimum Gasteiger partial charge on any atom is -0.365 e. The molecule has 0 saturated carbocycles. The lowest BCUT2D eigenvalue weighted by Crippen LogP contribution is -2.51. The quantitative estimate of drug-likeness (QED) is 0.636. The van der Waals surface area contributed by atoms with E-state index in [1.54, 1.807) is 14.5 Å². The van der Waals surface area contributed by atoms with Crippen molar-refractivity contribution in [3.05, 3.63) is 82.7 Å². The average Bonchev–Trinajstić information content (AvgIpc) is 3.27. The Kier molecular flexibility index (Phi) is 5.45. The van der Waals surface area contributed by atoms with Gasteiger partial charge in [-0.3, -0.25) is 9.59 Å². The zero-order valence-electron chi connectivity index (χ0n) is 18.0. The molecule has 1 fully saturated rings. The third-order valence-corrected chi connectivity index (χ3v) is 6.20. The normalized spacial score (nSPS) is 18.3. The number of carbonyl (C=O) groups excluding carboxylic acids is 2. The Morgan fingerprint density at radius 2 is 1.56 bits per heavy atom. The number of hydrogen-bond acceptors (Lipinski definition) is 5. The van der Waals surface area contributed by atoms with Crippen molar-refractivity contribution in [1.29, 1.82) is 0 Å². The standard InChI is InChI=1S/C24H25N5O3/c1-17-7-5-6-10-19(17)23(30)27-11-13-28(14-12-27)24(31)22-20-16-32-21(15-29(20)26-25-22)18-8-3-2-4-9-18/h2-10,21H,11-16H2,1H3. The summed E-state index contributed by atoms with van der Waals surface area (Å²) in [6, 6.07) is 17.6. The van der Waals surface area contributed by atoms with Crippen molar-refractivity contribution in [2.24, 2.45) is 0 Å². The van der Waals surface area contributed by atoms with Crippen molar-refractivity contribution in [2.75, 3.05) is 26.2 Å². The zero-order valence-corrected chi connectivity index (χ0v) is 18.0. The monoisotopic (exact) mass is 431 g/mol. The molecule has 8 nitrogen and oxygen atoms in total. The van der Waals surface area contributed by atoms with E-state index < -0.39 is 0 Å². The topological polar surface area (TPSA) is 80.6 Å². The lowest BCUT2D eigenvalue weighted by molar-refractivity contribution is -0.00202. The molecular weight excluding hydrogens is 406 g/mol. The van der Waals surface area contributed by atoms with Gasteiger partial charge in [0.1, 0.15) is 6.10 Å². The van der Waals surface area contributed by atoms with Gasteiger partial charge in [-0.25, -0.2) is 4.68 Å². The van der Waals surface area contributed by atoms with Gasteiger partial charge in [0.25, 0.3) is 11.8 Å². The number of fused-ring (bicyclic) bond motifs is 1. The first-order valence-corrected chi connectivity index (χ1v) is 10.8. The molecule has 0 aliphatic carbocycles. The van der Waals surface area contributed by atoms with Crippen molar-refractivity contribution in [2.45, 2.75) is 26.2 Å². The van der Waals surface area contributed by atoms with Gasteiger partial charge in [0.05, 0.1) is 18.8 Å². The Hall–Kier alpha value is -3.52. The largest absolute Gasteiger partial charge is 0.365 e. The molecule has 164 valence electrons. The van der Waals surface area contributed by atoms with Gasteiger partial charge in [-0.15, -0.1) is 5.10 Å². The summed E-state index contributed by atoms with van der Waals surface area (Å²) in [4.78, 5) is 29.5. The van der Waals surface area contributed by atoms with E-state index >= 15 is 0 Å². The summed E-state index contributed by atoms with van der Waals surface area (Å²) in [6.07, 6.45) is -0.107. The smallest absolute Gasteiger partial charge is 0.276 e. The highest BCUT2D eigenvalue weighted by molar-refractivity contribution is 5.96. The van der Waals surface area contributed by atoms with Crippen molar-refractivity contribution >= 4 is 11.8 Å². The Labute approximate surface area is 186 Å². The lowest BCUT2D eigenvalue weighted by Gasteiger charge is -2.35. The molecule has 0 bridgehead atoms. The first kappa shape index (κ1) is 20.4. The van der Waals surface area contributed by atoms with E-state index in [0.717, 1.165) is 11.1 Å². The van der Waals surface area contributed by atoms with Gasteiger partial charge >= 0.3 is 0 Å². The molecule has 2 aliphatic rings. The highest BCUT2D eigenvalue weighted by Gasteiger charge is 2.32. The third-order valence-electron chi connectivity index (χ3n) is 6.20. The number of aromatic nitrogens is 3. The molecular formula is C24H25N5O3. The van der Waals surface area contributed by atoms with E-state index in [0.29, 0.717) is 56.3 Å². The first-order chi connectivity index (χ1) is 15.6. The summed E-state index contributed by atoms with van der Waals surface area (Å²) in [5, 5.41) is 8.39. The van der Waals surface area contributed by atoms with Gasteiger partial charge in [0.2, 0.25) is 0 Å². The molecule has 3 aromatic rings. The molecule has 8 heteroatoms. The van der Waals surface area contributed by atoms with E-state index in [9.17, 15) is 9.59 Å². The fourth-order valence-electron chi connectivity index (χ4n) is 4.29. The number of amides is 2. The van der Waals surface area contributed by atoms with Gasteiger partial charge in [-0.05, 0) is 24.1 Å². The minimum absolute atomic E-state index is 0.0107. The molecule has 0 N–H and O–H groups in total. The van der Waals surface area contributed by atoms with Gasteiger partial charge < -0.3 is 14.5 Å². The lowest BCUT2D eigenvalue weighted by atomic mass is 10.1. The van der Waals surface area contributed by atoms with Crippen molar-refractivity contribution in [3.8, 4) is 0 Å². The number of aryl methyl sites for hydroxylation is 1. The van der Waals surface area contributed by atoms with Crippen LogP contribution in [0.1, 0.15) is 43.8 Å². The third kappa shape index (κ3) is 3.78. The van der Waals surface area contributed by atoms with Gasteiger partial charge in [-0.1, -0.05) is 53.7 Å². The van der Waals surface area contributed by atoms with Crippen molar-refractivity contribution in [3.63, 3.8) is 0 Å². The number of nitrogens with zero attached hydrogens (tertiary/aromatic N) is 5. The first-order valence-electron chi connectivity index (χ1n) is 10.8. The number of carbonyl (C=O) groups is 2. The van der Waals surface area contributed by atoms with E-state index in [1.165, 1.54) is 0 Å². The number of piperazine rings is 1. The molecule has 2 amide bonds. The number of benzene rings is 2. The predicted molar refractivity (Wildman–Crippen MR) is 117 cm³/mol. The van der Waals surface area contributed by atoms with Crippen LogP contribution in [0, 0.1) is 6.92 Å². The van der Waals surface area contributed by atoms with E-state index in [2.05, 4.69) is 10.3 Å². The van der Waals surface area contributed by atoms with Gasteiger partial charge in [0.15, 0.2) is 5.69 Å². The Balaban J connectivity index is 1.24. The maximum absolute atomic E-state index is 13.1. The molecule has 0 spiro atoms. The molecule has 32 heavy (non-hydrogen) atoms. The molecule has 5 rings (SSSR count). The average molecular weight is 431 g/mol. The van der Waals surface area contributed by atoms with Crippen LogP contribution in [0.4, 0.5) is 0 Å². The fraction of sp³-hybridized carbons (Fsp3) is 0.333. The molecule has 3 heterocycles. The van der Waals surface area contributed by atoms with Crippen LogP contribution in [0.2, 0.25) is 0 Å². The molecule has 0 radical (unpaired) electrons. The number of rotatable bonds is 3. The number of ether oxygens (including phenoxy) is 1. The second-order valence-corrected chi connectivity index (χ2v) is 8.18. The fourth-order valence-corrected chi connectivity index (χ4v) is 4.29. The Morgan fingerprint density at radius 3 is 2.28 bits per heavy atom. The second-order valence-electron chi connectivity index (χ2n) is 8.18. The Bertz CT molecular complexity index is 1140. The highest BCUT2D eigenvalue weighted by Crippen LogP contribution is 2.27. The van der Waals surface area contributed by atoms with Crippen LogP contribution in [0.5, 0.6) is 0 Å². The molecule has 2 aromatic carbocycles. The molecule has 2 aliphatic heterocycles. The van der Waals surface area contributed by atoms with Crippen LogP contribution in [0.15, 0.2) is 54.6 Å². The van der Waals surface area contributed by atoms with Crippen LogP contribution in [-0.2, 0) is 17.9 Å². The zero-order chi connectivity index (χ0) is 22.1. The van der Waals surface area contributed by atoms with Crippen LogP contribution < -0.4 is 0 Å². The van der Waals surface area contributed by atoms with Gasteiger partial charge in [0, 0.05) is 31.7 Å². The summed E-state index contributed by atoms with van der Waals surface area (Å²) < 4.78 is 7.78. The number of hydrogen-bond donors (Lipinski definition) is 0. The van der Waals surface area contributed by atoms with Gasteiger partial charge in [-0.2, -0.15) is 0 Å². The molecule has 1 saturated heterocycles. The van der Waals surface area contributed by atoms with Crippen LogP contribution >= 0.6 is 0 Å². The molecule has 1 atom stereocenters. The van der Waals surface area contributed by atoms with E-state index in [1.807, 2.05) is 61.5 Å². The summed E-state index contributed by atoms with van der Waals surface area (Å²) in [6.45, 7) is 4.68. The molecule has 1 unspecified atom stereocenters. The van der Waals surface area contributed by atoms with Crippen molar-refractivity contribution < 1.29 is 14.3 Å². The summed E-state index contributed by atoms with van der Waals surface area (Å²) in [5.74, 6) is -0.146. The van der Waals surface area contributed by atoms with Crippen molar-refractivity contribution in [1.82, 2.24) is 24.8 Å². The van der Waals surface area contributed by atoms with Crippen LogP contribution in [0.25, 0.3) is 0 Å². The van der Waals surface area contributed by atoms with Crippen LogP contribution in [0.3, 0.4) is 0 Å². The second kappa shape index (κ2) is 8.55. The minimum atomic E-state index is -0.156. The summed E-state index contributed by atoms with van der Waals surface area (Å²) in [7, 11) is 0. The van der Waals surface area contributed by atoms with Crippen LogP contribution in [-0.4, -0.2) is 62.8 Å².